The van der Waals surface area contributed by atoms with Gasteiger partial charge in [0.1, 0.15) is 0 Å². The van der Waals surface area contributed by atoms with Crippen molar-refractivity contribution in [2.75, 3.05) is 5.75 Å². The van der Waals surface area contributed by atoms with Gasteiger partial charge in [-0.25, -0.2) is 0 Å². The van der Waals surface area contributed by atoms with Crippen molar-refractivity contribution in [1.29, 1.82) is 5.26 Å². The van der Waals surface area contributed by atoms with Gasteiger partial charge in [0.2, 0.25) is 0 Å². The molecule has 0 unspecified atom stereocenters. The Hall–Kier alpha value is -2.59. The van der Waals surface area contributed by atoms with Crippen LogP contribution in [0, 0.1) is 21.4 Å². The first-order chi connectivity index (χ1) is 11.9. The summed E-state index contributed by atoms with van der Waals surface area (Å²) < 4.78 is 0. The molecule has 0 radical (unpaired) electrons. The third kappa shape index (κ3) is 3.91. The zero-order valence-corrected chi connectivity index (χ0v) is 15.1. The van der Waals surface area contributed by atoms with Gasteiger partial charge in [-0.05, 0) is 31.6 Å². The average molecular weight is 357 g/mol. The van der Waals surface area contributed by atoms with Crippen LogP contribution in [0.1, 0.15) is 38.7 Å². The fourth-order valence-electron chi connectivity index (χ4n) is 2.85. The van der Waals surface area contributed by atoms with Crippen molar-refractivity contribution in [2.45, 2.75) is 33.1 Å². The van der Waals surface area contributed by atoms with Crippen molar-refractivity contribution in [1.82, 2.24) is 5.32 Å². The van der Waals surface area contributed by atoms with Gasteiger partial charge in [0.15, 0.2) is 5.78 Å². The molecule has 0 saturated heterocycles. The number of non-ortho nitro benzene ring substituents is 1. The second-order valence-electron chi connectivity index (χ2n) is 5.71. The minimum absolute atomic E-state index is 0.0587. The van der Waals surface area contributed by atoms with E-state index in [1.807, 2.05) is 6.92 Å². The first kappa shape index (κ1) is 18.7. The van der Waals surface area contributed by atoms with E-state index in [0.717, 1.165) is 12.2 Å². The number of benzene rings is 1. The number of nitrogens with one attached hydrogen (secondary N) is 1. The molecule has 0 aliphatic carbocycles. The topological polar surface area (TPSA) is 96.0 Å². The van der Waals surface area contributed by atoms with Crippen LogP contribution >= 0.6 is 11.8 Å². The van der Waals surface area contributed by atoms with Crippen molar-refractivity contribution in [3.63, 3.8) is 0 Å². The zero-order valence-electron chi connectivity index (χ0n) is 14.3. The Bertz CT molecular complexity index is 821. The fourth-order valence-corrected chi connectivity index (χ4v) is 3.80. The number of carbonyl (C=O) groups excluding carboxylic acids is 1. The number of dihydropyridines is 1. The minimum atomic E-state index is -0.594. The van der Waals surface area contributed by atoms with Crippen LogP contribution in [0.25, 0.3) is 0 Å². The third-order valence-corrected chi connectivity index (χ3v) is 5.11. The molecule has 7 heteroatoms. The quantitative estimate of drug-likeness (QED) is 0.610. The van der Waals surface area contributed by atoms with Crippen LogP contribution in [-0.4, -0.2) is 16.5 Å². The van der Waals surface area contributed by atoms with Gasteiger partial charge < -0.3 is 5.32 Å². The number of nitrogens with zero attached hydrogens (tertiary/aromatic N) is 2. The molecule has 1 aliphatic heterocycles. The van der Waals surface area contributed by atoms with Gasteiger partial charge in [-0.1, -0.05) is 19.1 Å². The third-order valence-electron chi connectivity index (χ3n) is 3.89. The SMILES string of the molecule is CCCSC1=C(C#N)[C@@H](c2cccc([N+](=O)[O-])c2)C(C(C)=O)=C(C)N1. The van der Waals surface area contributed by atoms with E-state index in [1.165, 1.54) is 30.8 Å². The summed E-state index contributed by atoms with van der Waals surface area (Å²) in [7, 11) is 0. The summed E-state index contributed by atoms with van der Waals surface area (Å²) in [5.41, 5.74) is 2.09. The Labute approximate surface area is 150 Å². The molecule has 1 aromatic carbocycles. The summed E-state index contributed by atoms with van der Waals surface area (Å²) in [6.45, 7) is 5.29. The van der Waals surface area contributed by atoms with Crippen molar-refractivity contribution in [3.8, 4) is 6.07 Å². The maximum atomic E-state index is 12.2. The number of nitriles is 1. The number of nitro benzene ring substituents is 1. The Morgan fingerprint density at radius 3 is 2.76 bits per heavy atom. The highest BCUT2D eigenvalue weighted by Crippen LogP contribution is 2.41. The summed E-state index contributed by atoms with van der Waals surface area (Å²) in [4.78, 5) is 22.9. The number of allylic oxidation sites excluding steroid dienone is 3. The van der Waals surface area contributed by atoms with Gasteiger partial charge in [0.05, 0.1) is 27.5 Å². The molecular weight excluding hydrogens is 338 g/mol. The van der Waals surface area contributed by atoms with Crippen molar-refractivity contribution < 1.29 is 9.72 Å². The van der Waals surface area contributed by atoms with E-state index in [1.54, 1.807) is 19.1 Å². The highest BCUT2D eigenvalue weighted by molar-refractivity contribution is 8.03. The van der Waals surface area contributed by atoms with Gasteiger partial charge in [0, 0.05) is 23.4 Å². The maximum Gasteiger partial charge on any atom is 0.269 e. The van der Waals surface area contributed by atoms with Crippen molar-refractivity contribution in [2.24, 2.45) is 0 Å². The molecule has 0 saturated carbocycles. The number of Topliss-reactive ketones (excluding diaryl/α,β-unsaturated/α-hetero) is 1. The van der Waals surface area contributed by atoms with Gasteiger partial charge in [-0.3, -0.25) is 14.9 Å². The molecule has 1 heterocycles. The largest absolute Gasteiger partial charge is 0.353 e. The number of nitro groups is 1. The normalized spacial score (nSPS) is 17.1. The van der Waals surface area contributed by atoms with Crippen LogP contribution in [0.2, 0.25) is 0 Å². The molecule has 0 aromatic heterocycles. The Morgan fingerprint density at radius 2 is 2.20 bits per heavy atom. The average Bonchev–Trinajstić information content (AvgIpc) is 2.58. The lowest BCUT2D eigenvalue weighted by atomic mass is 9.81. The lowest BCUT2D eigenvalue weighted by Gasteiger charge is -2.29. The first-order valence-corrected chi connectivity index (χ1v) is 8.89. The molecule has 1 aliphatic rings. The number of hydrogen-bond donors (Lipinski definition) is 1. The number of rotatable bonds is 6. The van der Waals surface area contributed by atoms with Crippen molar-refractivity contribution in [3.05, 3.63) is 61.8 Å². The molecule has 1 atom stereocenters. The number of thioether (sulfide) groups is 1. The molecule has 1 aromatic rings. The predicted molar refractivity (Wildman–Crippen MR) is 97.7 cm³/mol. The summed E-state index contributed by atoms with van der Waals surface area (Å²) in [5.74, 6) is 0.0782. The molecule has 25 heavy (non-hydrogen) atoms. The number of carbonyl (C=O) groups is 1. The summed E-state index contributed by atoms with van der Waals surface area (Å²) in [5, 5.41) is 24.7. The van der Waals surface area contributed by atoms with E-state index in [9.17, 15) is 20.2 Å². The standard InChI is InChI=1S/C18H19N3O3S/c1-4-8-25-18-15(10-19)17(16(12(3)22)11(2)20-18)13-6-5-7-14(9-13)21(23)24/h5-7,9,17,20H,4,8H2,1-3H3/t17-/m1/s1. The molecule has 0 bridgehead atoms. The van der Waals surface area contributed by atoms with Crippen LogP contribution in [0.4, 0.5) is 5.69 Å². The second kappa shape index (κ2) is 7.99. The van der Waals surface area contributed by atoms with Gasteiger partial charge in [0.25, 0.3) is 5.69 Å². The summed E-state index contributed by atoms with van der Waals surface area (Å²) in [6.07, 6.45) is 0.943. The first-order valence-electron chi connectivity index (χ1n) is 7.90. The summed E-state index contributed by atoms with van der Waals surface area (Å²) >= 11 is 1.52. The van der Waals surface area contributed by atoms with E-state index in [2.05, 4.69) is 11.4 Å². The number of hydrogen-bond acceptors (Lipinski definition) is 6. The van der Waals surface area contributed by atoms with E-state index < -0.39 is 10.8 Å². The minimum Gasteiger partial charge on any atom is -0.353 e. The van der Waals surface area contributed by atoms with Gasteiger partial charge in [-0.2, -0.15) is 5.26 Å². The van der Waals surface area contributed by atoms with Crippen LogP contribution in [-0.2, 0) is 4.79 Å². The van der Waals surface area contributed by atoms with Crippen LogP contribution < -0.4 is 5.32 Å². The Morgan fingerprint density at radius 1 is 1.48 bits per heavy atom. The fraction of sp³-hybridized carbons (Fsp3) is 0.333. The molecular formula is C18H19N3O3S. The molecule has 0 fully saturated rings. The lowest BCUT2D eigenvalue weighted by Crippen LogP contribution is -2.27. The zero-order chi connectivity index (χ0) is 18.6. The van der Waals surface area contributed by atoms with E-state index in [-0.39, 0.29) is 11.5 Å². The Balaban J connectivity index is 2.65. The number of ketones is 1. The van der Waals surface area contributed by atoms with Crippen molar-refractivity contribution >= 4 is 23.2 Å². The van der Waals surface area contributed by atoms with E-state index >= 15 is 0 Å². The van der Waals surface area contributed by atoms with Crippen LogP contribution in [0.3, 0.4) is 0 Å². The predicted octanol–water partition coefficient (Wildman–Crippen LogP) is 4.02. The maximum absolute atomic E-state index is 12.2. The molecule has 2 rings (SSSR count). The van der Waals surface area contributed by atoms with Gasteiger partial charge >= 0.3 is 0 Å². The lowest BCUT2D eigenvalue weighted by molar-refractivity contribution is -0.384. The Kier molecular flexibility index (Phi) is 5.99. The van der Waals surface area contributed by atoms with E-state index in [4.69, 9.17) is 0 Å². The summed E-state index contributed by atoms with van der Waals surface area (Å²) in [6, 6.07) is 8.34. The smallest absolute Gasteiger partial charge is 0.269 e. The van der Waals surface area contributed by atoms with Crippen LogP contribution in [0.5, 0.6) is 0 Å². The monoisotopic (exact) mass is 357 g/mol. The molecule has 1 N–H and O–H groups in total. The molecule has 6 nitrogen and oxygen atoms in total. The van der Waals surface area contributed by atoms with E-state index in [0.29, 0.717) is 27.4 Å². The molecule has 0 amide bonds. The highest BCUT2D eigenvalue weighted by Gasteiger charge is 2.33. The highest BCUT2D eigenvalue weighted by atomic mass is 32.2. The molecule has 0 spiro atoms. The van der Waals surface area contributed by atoms with Crippen LogP contribution in [0.15, 0.2) is 46.1 Å². The van der Waals surface area contributed by atoms with Gasteiger partial charge in [-0.15, -0.1) is 11.8 Å². The second-order valence-corrected chi connectivity index (χ2v) is 6.81. The molecule has 130 valence electrons.